The first-order valence-electron chi connectivity index (χ1n) is 9.96. The lowest BCUT2D eigenvalue weighted by Crippen LogP contribution is -2.39. The molecule has 1 amide bonds. The molecular weight excluding hydrogens is 396 g/mol. The number of methoxy groups -OCH3 is 1. The number of anilines is 1. The molecule has 8 nitrogen and oxygen atoms in total. The fourth-order valence-electron chi connectivity index (χ4n) is 3.52. The number of carbonyl (C=O) groups is 2. The van der Waals surface area contributed by atoms with Crippen molar-refractivity contribution in [3.63, 3.8) is 0 Å². The molecule has 0 N–H and O–H groups in total. The molecule has 160 valence electrons. The number of esters is 1. The molecule has 0 bridgehead atoms. The highest BCUT2D eigenvalue weighted by atomic mass is 32.2. The Balaban J connectivity index is 1.95. The molecule has 2 fully saturated rings. The molecule has 2 aliphatic rings. The number of carbonyl (C=O) groups excluding carboxylic acids is 2. The molecule has 1 saturated heterocycles. The smallest absolute Gasteiger partial charge is 0.309 e. The highest BCUT2D eigenvalue weighted by molar-refractivity contribution is 7.89. The van der Waals surface area contributed by atoms with E-state index in [1.807, 2.05) is 0 Å². The number of benzene rings is 1. The Morgan fingerprint density at radius 2 is 2.07 bits per heavy atom. The quantitative estimate of drug-likeness (QED) is 0.564. The summed E-state index contributed by atoms with van der Waals surface area (Å²) in [6, 6.07) is 4.64. The minimum Gasteiger partial charge on any atom is -0.495 e. The largest absolute Gasteiger partial charge is 0.495 e. The van der Waals surface area contributed by atoms with Crippen LogP contribution in [0.15, 0.2) is 23.1 Å². The van der Waals surface area contributed by atoms with Crippen LogP contribution < -0.4 is 9.64 Å². The highest BCUT2D eigenvalue weighted by Crippen LogP contribution is 2.38. The fourth-order valence-corrected chi connectivity index (χ4v) is 5.47. The predicted octanol–water partition coefficient (Wildman–Crippen LogP) is 2.17. The van der Waals surface area contributed by atoms with Gasteiger partial charge >= 0.3 is 5.97 Å². The van der Waals surface area contributed by atoms with Gasteiger partial charge in [-0.3, -0.25) is 9.59 Å². The van der Waals surface area contributed by atoms with E-state index in [2.05, 4.69) is 0 Å². The monoisotopic (exact) mass is 424 g/mol. The van der Waals surface area contributed by atoms with Crippen LogP contribution in [-0.2, 0) is 24.3 Å². The first kappa shape index (κ1) is 21.6. The summed E-state index contributed by atoms with van der Waals surface area (Å²) in [5, 5.41) is 0. The van der Waals surface area contributed by atoms with Gasteiger partial charge in [0.1, 0.15) is 10.6 Å². The molecule has 3 rings (SSSR count). The van der Waals surface area contributed by atoms with Crippen molar-refractivity contribution in [2.75, 3.05) is 31.7 Å². The van der Waals surface area contributed by atoms with Crippen LogP contribution >= 0.6 is 0 Å². The van der Waals surface area contributed by atoms with Crippen molar-refractivity contribution in [2.45, 2.75) is 50.5 Å². The van der Waals surface area contributed by atoms with Crippen LogP contribution in [0.2, 0.25) is 0 Å². The van der Waals surface area contributed by atoms with Crippen molar-refractivity contribution < 1.29 is 27.5 Å². The zero-order valence-corrected chi connectivity index (χ0v) is 17.9. The van der Waals surface area contributed by atoms with Gasteiger partial charge in [0.25, 0.3) is 0 Å². The van der Waals surface area contributed by atoms with Gasteiger partial charge in [-0.2, -0.15) is 4.31 Å². The Morgan fingerprint density at radius 1 is 1.34 bits per heavy atom. The molecule has 1 aromatic rings. The molecule has 1 aliphatic carbocycles. The summed E-state index contributed by atoms with van der Waals surface area (Å²) in [5.74, 6) is -0.806. The summed E-state index contributed by atoms with van der Waals surface area (Å²) >= 11 is 0. The van der Waals surface area contributed by atoms with Gasteiger partial charge in [-0.15, -0.1) is 0 Å². The maximum atomic E-state index is 13.5. The maximum Gasteiger partial charge on any atom is 0.309 e. The topological polar surface area (TPSA) is 93.2 Å². The molecule has 1 atom stereocenters. The van der Waals surface area contributed by atoms with Crippen LogP contribution in [0.25, 0.3) is 0 Å². The molecule has 9 heteroatoms. The zero-order chi connectivity index (χ0) is 21.2. The van der Waals surface area contributed by atoms with E-state index in [-0.39, 0.29) is 35.7 Å². The van der Waals surface area contributed by atoms with Crippen molar-refractivity contribution in [3.8, 4) is 5.75 Å². The lowest BCUT2D eigenvalue weighted by atomic mass is 10.2. The number of rotatable bonds is 9. The molecule has 29 heavy (non-hydrogen) atoms. The first-order valence-corrected chi connectivity index (χ1v) is 11.4. The lowest BCUT2D eigenvalue weighted by molar-refractivity contribution is -0.147. The summed E-state index contributed by atoms with van der Waals surface area (Å²) < 4.78 is 38.8. The molecule has 0 aromatic heterocycles. The number of amides is 1. The molecule has 1 unspecified atom stereocenters. The Bertz CT molecular complexity index is 881. The van der Waals surface area contributed by atoms with E-state index in [1.54, 1.807) is 30.9 Å². The van der Waals surface area contributed by atoms with Crippen LogP contribution in [0.5, 0.6) is 5.75 Å². The molecule has 1 aromatic carbocycles. The third kappa shape index (κ3) is 4.56. The fraction of sp³-hybridized carbons (Fsp3) is 0.600. The summed E-state index contributed by atoms with van der Waals surface area (Å²) in [6.07, 6.45) is 2.71. The van der Waals surface area contributed by atoms with Crippen molar-refractivity contribution in [3.05, 3.63) is 18.2 Å². The van der Waals surface area contributed by atoms with Crippen LogP contribution in [-0.4, -0.2) is 57.4 Å². The normalized spacial score (nSPS) is 18.2. The number of sulfonamides is 1. The van der Waals surface area contributed by atoms with Gasteiger partial charge in [0.2, 0.25) is 15.9 Å². The van der Waals surface area contributed by atoms with Crippen LogP contribution in [0.1, 0.15) is 39.5 Å². The van der Waals surface area contributed by atoms with E-state index >= 15 is 0 Å². The number of hydrogen-bond acceptors (Lipinski definition) is 6. The molecule has 1 saturated carbocycles. The number of ether oxygens (including phenoxy) is 2. The van der Waals surface area contributed by atoms with E-state index in [1.165, 1.54) is 17.5 Å². The van der Waals surface area contributed by atoms with Crippen LogP contribution in [0, 0.1) is 5.92 Å². The van der Waals surface area contributed by atoms with Gasteiger partial charge in [0.15, 0.2) is 0 Å². The third-order valence-electron chi connectivity index (χ3n) is 5.22. The van der Waals surface area contributed by atoms with E-state index in [4.69, 9.17) is 9.47 Å². The summed E-state index contributed by atoms with van der Waals surface area (Å²) in [4.78, 5) is 25.8. The second-order valence-electron chi connectivity index (χ2n) is 7.44. The Hall–Kier alpha value is -2.13. The predicted molar refractivity (Wildman–Crippen MR) is 107 cm³/mol. The van der Waals surface area contributed by atoms with Gasteiger partial charge in [-0.25, -0.2) is 8.42 Å². The van der Waals surface area contributed by atoms with E-state index in [0.717, 1.165) is 19.3 Å². The van der Waals surface area contributed by atoms with Crippen molar-refractivity contribution in [2.24, 2.45) is 5.92 Å². The number of hydrogen-bond donors (Lipinski definition) is 0. The third-order valence-corrected chi connectivity index (χ3v) is 7.16. The maximum absolute atomic E-state index is 13.5. The van der Waals surface area contributed by atoms with Crippen molar-refractivity contribution in [1.29, 1.82) is 0 Å². The summed E-state index contributed by atoms with van der Waals surface area (Å²) in [7, 11) is -2.52. The molecule has 1 heterocycles. The molecular formula is C20H28N2O6S. The second kappa shape index (κ2) is 8.71. The average Bonchev–Trinajstić information content (AvgIpc) is 3.45. The van der Waals surface area contributed by atoms with E-state index < -0.39 is 21.9 Å². The van der Waals surface area contributed by atoms with Gasteiger partial charge in [-0.1, -0.05) is 6.92 Å². The minimum atomic E-state index is -3.93. The van der Waals surface area contributed by atoms with Gasteiger partial charge in [0, 0.05) is 31.2 Å². The Labute approximate surface area is 171 Å². The zero-order valence-electron chi connectivity index (χ0n) is 17.1. The Kier molecular flexibility index (Phi) is 6.48. The lowest BCUT2D eigenvalue weighted by Gasteiger charge is -2.26. The van der Waals surface area contributed by atoms with Gasteiger partial charge in [0.05, 0.1) is 19.6 Å². The summed E-state index contributed by atoms with van der Waals surface area (Å²) in [6.45, 7) is 4.24. The minimum absolute atomic E-state index is 0.0140. The molecule has 0 radical (unpaired) electrons. The summed E-state index contributed by atoms with van der Waals surface area (Å²) in [5.41, 5.74) is 0.543. The van der Waals surface area contributed by atoms with Crippen molar-refractivity contribution >= 4 is 27.6 Å². The van der Waals surface area contributed by atoms with Crippen molar-refractivity contribution in [1.82, 2.24) is 4.31 Å². The highest BCUT2D eigenvalue weighted by Gasteiger charge is 2.41. The van der Waals surface area contributed by atoms with E-state index in [0.29, 0.717) is 18.7 Å². The average molecular weight is 425 g/mol. The standard InChI is InChI=1S/C20H28N2O6S/c1-4-28-20(24)14(2)13-22(15-7-8-15)29(25,26)18-12-16(9-10-17(18)27-3)21-11-5-6-19(21)23/h9-10,12,14-15H,4-8,11,13H2,1-3H3. The number of nitrogens with zero attached hydrogens (tertiary/aromatic N) is 2. The first-order chi connectivity index (χ1) is 13.8. The SMILES string of the molecule is CCOC(=O)C(C)CN(C1CC1)S(=O)(=O)c1cc(N2CCCC2=O)ccc1OC. The Morgan fingerprint density at radius 3 is 2.62 bits per heavy atom. The van der Waals surface area contributed by atoms with Crippen LogP contribution in [0.4, 0.5) is 5.69 Å². The van der Waals surface area contributed by atoms with Crippen LogP contribution in [0.3, 0.4) is 0 Å². The molecule has 1 aliphatic heterocycles. The van der Waals surface area contributed by atoms with E-state index in [9.17, 15) is 18.0 Å². The van der Waals surface area contributed by atoms with Gasteiger partial charge < -0.3 is 14.4 Å². The second-order valence-corrected chi connectivity index (χ2v) is 9.30. The molecule has 0 spiro atoms. The van der Waals surface area contributed by atoms with Gasteiger partial charge in [-0.05, 0) is 44.4 Å².